The summed E-state index contributed by atoms with van der Waals surface area (Å²) in [6.45, 7) is -6.25. The third-order valence-corrected chi connectivity index (χ3v) is 9.28. The van der Waals surface area contributed by atoms with Gasteiger partial charge in [-0.3, -0.25) is 36.4 Å². The summed E-state index contributed by atoms with van der Waals surface area (Å²) in [5.41, 5.74) is 0. The molecule has 0 radical (unpaired) electrons. The van der Waals surface area contributed by atoms with Gasteiger partial charge in [0.1, 0.15) is 37.1 Å². The highest BCUT2D eigenvalue weighted by Gasteiger charge is 2.65. The van der Waals surface area contributed by atoms with Gasteiger partial charge in [-0.25, -0.2) is 33.5 Å². The second kappa shape index (κ2) is 17.2. The molecular weight excluding hydrogens is 961 g/mol. The van der Waals surface area contributed by atoms with Crippen LogP contribution in [0, 0.1) is 0 Å². The van der Waals surface area contributed by atoms with Crippen LogP contribution >= 0.6 is 0 Å². The Labute approximate surface area is 308 Å². The molecule has 0 aliphatic carbocycles. The second-order valence-electron chi connectivity index (χ2n) is 9.64. The molecule has 2 saturated heterocycles. The maximum atomic E-state index is 11.9. The molecule has 0 aromatic carbocycles. The van der Waals surface area contributed by atoms with Crippen LogP contribution in [-0.4, -0.2) is 178 Å². The number of hydrogen-bond acceptors (Lipinski definition) is 27. The fourth-order valence-corrected chi connectivity index (χ4v) is 7.68. The molecule has 55 heavy (non-hydrogen) atoms. The fourth-order valence-electron chi connectivity index (χ4n) is 4.24. The van der Waals surface area contributed by atoms with Crippen LogP contribution in [-0.2, 0) is 131 Å². The third kappa shape index (κ3) is 18.1. The Morgan fingerprint density at radius 1 is 0.418 bits per heavy atom. The molecule has 2 heterocycles. The lowest BCUT2D eigenvalue weighted by atomic mass is 9.99. The van der Waals surface area contributed by atoms with Crippen molar-refractivity contribution in [2.75, 3.05) is 19.8 Å². The van der Waals surface area contributed by atoms with Crippen LogP contribution < -0.4 is 0 Å². The third-order valence-electron chi connectivity index (χ3n) is 5.68. The summed E-state index contributed by atoms with van der Waals surface area (Å²) in [6, 6.07) is 0. The average molecular weight is 983 g/mol. The van der Waals surface area contributed by atoms with Crippen molar-refractivity contribution in [1.82, 2.24) is 0 Å². The van der Waals surface area contributed by atoms with Gasteiger partial charge in [-0.2, -0.15) is 67.3 Å². The molecule has 0 spiro atoms. The fraction of sp³-hybridized carbons (Fsp3) is 1.00. The Balaban J connectivity index is 3.07. The van der Waals surface area contributed by atoms with Crippen molar-refractivity contribution in [1.29, 1.82) is 0 Å². The molecule has 328 valence electrons. The Kier molecular flexibility index (Phi) is 15.6. The summed E-state index contributed by atoms with van der Waals surface area (Å²) in [7, 11) is -48.3. The molecule has 0 aromatic heterocycles. The van der Waals surface area contributed by atoms with Gasteiger partial charge < -0.3 is 14.2 Å². The van der Waals surface area contributed by atoms with E-state index in [0.29, 0.717) is 0 Å². The zero-order valence-corrected chi connectivity index (χ0v) is 31.6. The molecule has 9 atom stereocenters. The highest BCUT2D eigenvalue weighted by Crippen LogP contribution is 2.42. The molecule has 35 nitrogen and oxygen atoms in total. The lowest BCUT2D eigenvalue weighted by molar-refractivity contribution is -0.374. The molecule has 2 rings (SSSR count). The van der Waals surface area contributed by atoms with E-state index in [-0.39, 0.29) is 0 Å². The quantitative estimate of drug-likeness (QED) is 0.0496. The summed E-state index contributed by atoms with van der Waals surface area (Å²) >= 11 is 0. The van der Waals surface area contributed by atoms with Crippen LogP contribution in [0.5, 0.6) is 0 Å². The van der Waals surface area contributed by atoms with Gasteiger partial charge in [-0.05, 0) is 0 Å². The first-order chi connectivity index (χ1) is 24.2. The van der Waals surface area contributed by atoms with E-state index in [4.69, 9.17) is 23.3 Å². The minimum absolute atomic E-state index is 1.92. The zero-order chi connectivity index (χ0) is 43.0. The van der Waals surface area contributed by atoms with E-state index in [9.17, 15) is 94.7 Å². The van der Waals surface area contributed by atoms with Crippen molar-refractivity contribution in [3.05, 3.63) is 0 Å². The van der Waals surface area contributed by atoms with Crippen LogP contribution in [0.15, 0.2) is 0 Å². The first-order valence-electron chi connectivity index (χ1n) is 12.3. The van der Waals surface area contributed by atoms with Gasteiger partial charge in [-0.1, -0.05) is 0 Å². The first kappa shape index (κ1) is 50.0. The Morgan fingerprint density at radius 3 is 1.18 bits per heavy atom. The van der Waals surface area contributed by atoms with Gasteiger partial charge >= 0.3 is 83.2 Å². The van der Waals surface area contributed by atoms with Crippen molar-refractivity contribution in [3.63, 3.8) is 0 Å². The normalized spacial score (nSPS) is 30.7. The smallest absolute Gasteiger partial charge is 0.341 e. The monoisotopic (exact) mass is 982 g/mol. The van der Waals surface area contributed by atoms with Gasteiger partial charge in [0, 0.05) is 0 Å². The molecular formula is C12H22O35S8. The Morgan fingerprint density at radius 2 is 0.782 bits per heavy atom. The van der Waals surface area contributed by atoms with Crippen molar-refractivity contribution in [2.45, 2.75) is 54.8 Å². The largest absolute Gasteiger partial charge is 0.397 e. The van der Waals surface area contributed by atoms with Crippen molar-refractivity contribution >= 4 is 83.2 Å². The van der Waals surface area contributed by atoms with Crippen molar-refractivity contribution in [3.8, 4) is 0 Å². The van der Waals surface area contributed by atoms with Crippen molar-refractivity contribution < 1.29 is 151 Å². The summed E-state index contributed by atoms with van der Waals surface area (Å²) in [6.07, 6.45) is -26.0. The summed E-state index contributed by atoms with van der Waals surface area (Å²) in [5, 5.41) is 0. The summed E-state index contributed by atoms with van der Waals surface area (Å²) in [5.74, 6) is -4.12. The molecule has 0 amide bonds. The Hall–Kier alpha value is -1.16. The van der Waals surface area contributed by atoms with E-state index < -0.39 is 158 Å². The summed E-state index contributed by atoms with van der Waals surface area (Å²) < 4.78 is 307. The minimum atomic E-state index is -6.24. The molecule has 2 aliphatic rings. The average Bonchev–Trinajstić information content (AvgIpc) is 3.15. The van der Waals surface area contributed by atoms with Crippen molar-refractivity contribution in [2.24, 2.45) is 0 Å². The van der Waals surface area contributed by atoms with Crippen LogP contribution in [0.2, 0.25) is 0 Å². The molecule has 1 unspecified atom stereocenters. The van der Waals surface area contributed by atoms with Gasteiger partial charge in [0.25, 0.3) is 0 Å². The minimum Gasteiger partial charge on any atom is -0.341 e. The van der Waals surface area contributed by atoms with Gasteiger partial charge in [0.2, 0.25) is 5.79 Å². The Bertz CT molecular complexity index is 2280. The van der Waals surface area contributed by atoms with Crippen LogP contribution in [0.3, 0.4) is 0 Å². The highest BCUT2D eigenvalue weighted by atomic mass is 32.3. The van der Waals surface area contributed by atoms with E-state index in [0.717, 1.165) is 0 Å². The molecule has 8 N–H and O–H groups in total. The van der Waals surface area contributed by atoms with E-state index in [1.54, 1.807) is 0 Å². The van der Waals surface area contributed by atoms with Crippen LogP contribution in [0.1, 0.15) is 0 Å². The maximum Gasteiger partial charge on any atom is 0.397 e. The van der Waals surface area contributed by atoms with Crippen LogP contribution in [0.25, 0.3) is 0 Å². The van der Waals surface area contributed by atoms with Crippen LogP contribution in [0.4, 0.5) is 0 Å². The number of ether oxygens (including phenoxy) is 3. The number of rotatable bonds is 21. The SMILES string of the molecule is O=S(=O)(O)OC[C@H]1O[C@@](COS(=O)(=O)O)(OC2O[C@H](COS(=O)(=O)O)[C@@H](OS(=O)(=O)O)[C@H](OS(=O)(=O)O)[C@H]2OS(=O)(=O)O)[C@@H](OS(=O)(=O)O)[C@@H]1OS(=O)(=O)O. The second-order valence-corrected chi connectivity index (χ2v) is 18.2. The first-order valence-corrected chi connectivity index (χ1v) is 23.2. The number of hydrogen-bond donors (Lipinski definition) is 8. The standard InChI is InChI=1S/C12H22O35S8/c13-48(14,15)37-1-4-6(43-51(22,23)24)8(45-53(28,29)30)9(46-54(31,32)33)11(40-4)42-12(3-39-50(19,20)21)10(47-55(34,35)36)7(44-52(25,26)27)5(41-12)2-38-49(16,17)18/h4-11H,1-3H2,(H,13,14,15)(H,16,17,18)(H,19,20,21)(H,22,23,24)(H,25,26,27)(H,28,29,30)(H,31,32,33)(H,34,35,36)/t4-,5-,6-,7-,8+,9-,10+,11?,12+/m1/s1. The molecule has 0 aromatic rings. The lowest BCUT2D eigenvalue weighted by Gasteiger charge is -2.45. The molecule has 0 saturated carbocycles. The van der Waals surface area contributed by atoms with E-state index in [1.165, 1.54) is 0 Å². The van der Waals surface area contributed by atoms with E-state index >= 15 is 0 Å². The predicted molar refractivity (Wildman–Crippen MR) is 152 cm³/mol. The maximum absolute atomic E-state index is 11.9. The molecule has 2 aliphatic heterocycles. The van der Waals surface area contributed by atoms with Gasteiger partial charge in [0.15, 0.2) is 18.5 Å². The molecule has 2 fully saturated rings. The topological polar surface area (TPSA) is 536 Å². The predicted octanol–water partition coefficient (Wildman–Crippen LogP) is -6.78. The molecule has 43 heteroatoms. The van der Waals surface area contributed by atoms with E-state index in [2.05, 4.69) is 33.5 Å². The van der Waals surface area contributed by atoms with E-state index in [1.807, 2.05) is 0 Å². The van der Waals surface area contributed by atoms with Gasteiger partial charge in [0.05, 0.1) is 13.2 Å². The summed E-state index contributed by atoms with van der Waals surface area (Å²) in [4.78, 5) is 0. The molecule has 0 bridgehead atoms. The highest BCUT2D eigenvalue weighted by molar-refractivity contribution is 7.82. The zero-order valence-electron chi connectivity index (χ0n) is 25.1. The lowest BCUT2D eigenvalue weighted by Crippen LogP contribution is -2.65. The van der Waals surface area contributed by atoms with Gasteiger partial charge in [-0.15, -0.1) is 0 Å².